The summed E-state index contributed by atoms with van der Waals surface area (Å²) in [6.45, 7) is 2.01. The quantitative estimate of drug-likeness (QED) is 0.777. The van der Waals surface area contributed by atoms with Crippen molar-refractivity contribution < 1.29 is 9.63 Å². The fourth-order valence-electron chi connectivity index (χ4n) is 1.80. The van der Waals surface area contributed by atoms with Gasteiger partial charge >= 0.3 is 0 Å². The molecule has 0 aliphatic carbocycles. The van der Waals surface area contributed by atoms with Gasteiger partial charge in [-0.1, -0.05) is 27.2 Å². The van der Waals surface area contributed by atoms with E-state index in [1.807, 2.05) is 25.1 Å². The van der Waals surface area contributed by atoms with Gasteiger partial charge in [-0.2, -0.15) is 4.98 Å². The standard InChI is InChI=1S/C14H10BrN3O2/c1-8-2-3-11(12(15)4-8)13-17-14(20-18-13)9-5-10(19)7-16-6-9/h2-7,19H,1H3. The van der Waals surface area contributed by atoms with Gasteiger partial charge in [0.1, 0.15) is 5.75 Å². The van der Waals surface area contributed by atoms with E-state index in [1.165, 1.54) is 12.3 Å². The zero-order chi connectivity index (χ0) is 14.1. The van der Waals surface area contributed by atoms with Crippen molar-refractivity contribution in [3.63, 3.8) is 0 Å². The Hall–Kier alpha value is -2.21. The molecule has 0 atom stereocenters. The highest BCUT2D eigenvalue weighted by molar-refractivity contribution is 9.10. The van der Waals surface area contributed by atoms with Gasteiger partial charge in [0.25, 0.3) is 5.89 Å². The maximum absolute atomic E-state index is 9.41. The number of pyridine rings is 1. The number of hydrogen-bond acceptors (Lipinski definition) is 5. The van der Waals surface area contributed by atoms with E-state index in [9.17, 15) is 5.11 Å². The summed E-state index contributed by atoms with van der Waals surface area (Å²) < 4.78 is 6.11. The van der Waals surface area contributed by atoms with E-state index in [0.29, 0.717) is 17.3 Å². The van der Waals surface area contributed by atoms with Crippen LogP contribution in [0.5, 0.6) is 5.75 Å². The third kappa shape index (κ3) is 2.42. The van der Waals surface area contributed by atoms with Crippen molar-refractivity contribution in [3.8, 4) is 28.6 Å². The molecule has 2 heterocycles. The van der Waals surface area contributed by atoms with E-state index in [1.54, 1.807) is 6.20 Å². The summed E-state index contributed by atoms with van der Waals surface area (Å²) in [5.74, 6) is 0.852. The van der Waals surface area contributed by atoms with Crippen molar-refractivity contribution in [2.24, 2.45) is 0 Å². The van der Waals surface area contributed by atoms with Gasteiger partial charge in [0, 0.05) is 16.2 Å². The molecule has 0 fully saturated rings. The molecule has 0 aliphatic rings. The zero-order valence-corrected chi connectivity index (χ0v) is 12.1. The second kappa shape index (κ2) is 5.05. The molecule has 5 nitrogen and oxygen atoms in total. The van der Waals surface area contributed by atoms with Crippen molar-refractivity contribution in [2.75, 3.05) is 0 Å². The molecule has 0 saturated heterocycles. The maximum atomic E-state index is 9.41. The maximum Gasteiger partial charge on any atom is 0.259 e. The molecule has 0 bridgehead atoms. The van der Waals surface area contributed by atoms with Gasteiger partial charge in [-0.3, -0.25) is 4.98 Å². The highest BCUT2D eigenvalue weighted by atomic mass is 79.9. The Bertz CT molecular complexity index is 771. The first-order valence-electron chi connectivity index (χ1n) is 5.88. The SMILES string of the molecule is Cc1ccc(-c2noc(-c3cncc(O)c3)n2)c(Br)c1. The molecule has 2 aromatic heterocycles. The molecule has 0 unspecified atom stereocenters. The van der Waals surface area contributed by atoms with E-state index < -0.39 is 0 Å². The van der Waals surface area contributed by atoms with Crippen molar-refractivity contribution in [2.45, 2.75) is 6.92 Å². The first-order chi connectivity index (χ1) is 9.63. The van der Waals surface area contributed by atoms with Crippen molar-refractivity contribution in [3.05, 3.63) is 46.7 Å². The number of rotatable bonds is 2. The molecule has 0 spiro atoms. The van der Waals surface area contributed by atoms with Gasteiger partial charge in [-0.25, -0.2) is 0 Å². The van der Waals surface area contributed by atoms with E-state index in [0.717, 1.165) is 15.6 Å². The second-order valence-corrected chi connectivity index (χ2v) is 5.19. The highest BCUT2D eigenvalue weighted by Gasteiger charge is 2.13. The Morgan fingerprint density at radius 3 is 2.80 bits per heavy atom. The molecule has 1 N–H and O–H groups in total. The number of nitrogens with zero attached hydrogens (tertiary/aromatic N) is 3. The van der Waals surface area contributed by atoms with Crippen molar-refractivity contribution >= 4 is 15.9 Å². The summed E-state index contributed by atoms with van der Waals surface area (Å²) in [6, 6.07) is 7.41. The van der Waals surface area contributed by atoms with E-state index in [-0.39, 0.29) is 5.75 Å². The third-order valence-corrected chi connectivity index (χ3v) is 3.42. The number of halogens is 1. The van der Waals surface area contributed by atoms with Crippen LogP contribution in [0.1, 0.15) is 5.56 Å². The smallest absolute Gasteiger partial charge is 0.259 e. The summed E-state index contributed by atoms with van der Waals surface area (Å²) in [6.07, 6.45) is 2.90. The molecule has 1 aromatic carbocycles. The van der Waals surface area contributed by atoms with Gasteiger partial charge in [0.15, 0.2) is 0 Å². The minimum atomic E-state index is 0.0544. The Morgan fingerprint density at radius 1 is 1.20 bits per heavy atom. The van der Waals surface area contributed by atoms with E-state index in [2.05, 4.69) is 31.1 Å². The van der Waals surface area contributed by atoms with Crippen LogP contribution in [0.4, 0.5) is 0 Å². The average Bonchev–Trinajstić information content (AvgIpc) is 2.88. The number of aryl methyl sites for hydroxylation is 1. The summed E-state index contributed by atoms with van der Waals surface area (Å²) in [7, 11) is 0. The Labute approximate surface area is 123 Å². The van der Waals surface area contributed by atoms with Gasteiger partial charge in [-0.15, -0.1) is 0 Å². The van der Waals surface area contributed by atoms with Crippen molar-refractivity contribution in [1.29, 1.82) is 0 Å². The predicted octanol–water partition coefficient (Wildman–Crippen LogP) is 3.58. The Morgan fingerprint density at radius 2 is 2.05 bits per heavy atom. The lowest BCUT2D eigenvalue weighted by molar-refractivity contribution is 0.431. The predicted molar refractivity (Wildman–Crippen MR) is 77.1 cm³/mol. The Kier molecular flexibility index (Phi) is 3.23. The number of hydrogen-bond donors (Lipinski definition) is 1. The fourth-order valence-corrected chi connectivity index (χ4v) is 2.47. The van der Waals surface area contributed by atoms with Gasteiger partial charge < -0.3 is 9.63 Å². The van der Waals surface area contributed by atoms with Crippen LogP contribution in [0, 0.1) is 6.92 Å². The lowest BCUT2D eigenvalue weighted by Gasteiger charge is -1.99. The second-order valence-electron chi connectivity index (χ2n) is 4.34. The summed E-state index contributed by atoms with van der Waals surface area (Å²) in [4.78, 5) is 8.21. The first kappa shape index (κ1) is 12.8. The van der Waals surface area contributed by atoms with Crippen LogP contribution in [-0.4, -0.2) is 20.2 Å². The number of benzene rings is 1. The molecule has 0 amide bonds. The lowest BCUT2D eigenvalue weighted by Crippen LogP contribution is -1.84. The molecule has 20 heavy (non-hydrogen) atoms. The van der Waals surface area contributed by atoms with E-state index in [4.69, 9.17) is 4.52 Å². The third-order valence-electron chi connectivity index (χ3n) is 2.76. The van der Waals surface area contributed by atoms with Crippen LogP contribution < -0.4 is 0 Å². The molecular weight excluding hydrogens is 322 g/mol. The molecule has 0 radical (unpaired) electrons. The minimum absolute atomic E-state index is 0.0544. The summed E-state index contributed by atoms with van der Waals surface area (Å²) in [5, 5.41) is 13.4. The number of aromatic nitrogens is 3. The van der Waals surface area contributed by atoms with Crippen LogP contribution in [0.3, 0.4) is 0 Å². The topological polar surface area (TPSA) is 72.0 Å². The Balaban J connectivity index is 2.02. The molecule has 3 rings (SSSR count). The van der Waals surface area contributed by atoms with Gasteiger partial charge in [0.2, 0.25) is 5.82 Å². The van der Waals surface area contributed by atoms with Crippen LogP contribution >= 0.6 is 15.9 Å². The summed E-state index contributed by atoms with van der Waals surface area (Å²) >= 11 is 3.49. The molecule has 0 saturated carbocycles. The normalized spacial score (nSPS) is 10.7. The fraction of sp³-hybridized carbons (Fsp3) is 0.0714. The molecule has 3 aromatic rings. The van der Waals surface area contributed by atoms with Crippen LogP contribution in [0.15, 0.2) is 45.7 Å². The van der Waals surface area contributed by atoms with Crippen molar-refractivity contribution in [1.82, 2.24) is 15.1 Å². The van der Waals surface area contributed by atoms with Crippen LogP contribution in [-0.2, 0) is 0 Å². The van der Waals surface area contributed by atoms with Gasteiger partial charge in [-0.05, 0) is 30.7 Å². The molecule has 100 valence electrons. The highest BCUT2D eigenvalue weighted by Crippen LogP contribution is 2.29. The number of aromatic hydroxyl groups is 1. The van der Waals surface area contributed by atoms with Crippen LogP contribution in [0.2, 0.25) is 0 Å². The molecular formula is C14H10BrN3O2. The van der Waals surface area contributed by atoms with Gasteiger partial charge in [0.05, 0.1) is 11.8 Å². The monoisotopic (exact) mass is 331 g/mol. The average molecular weight is 332 g/mol. The minimum Gasteiger partial charge on any atom is -0.506 e. The van der Waals surface area contributed by atoms with Crippen LogP contribution in [0.25, 0.3) is 22.8 Å². The summed E-state index contributed by atoms with van der Waals surface area (Å²) in [5.41, 5.74) is 2.56. The molecule has 6 heteroatoms. The molecule has 0 aliphatic heterocycles. The van der Waals surface area contributed by atoms with E-state index >= 15 is 0 Å². The lowest BCUT2D eigenvalue weighted by atomic mass is 10.1. The largest absolute Gasteiger partial charge is 0.506 e. The first-order valence-corrected chi connectivity index (χ1v) is 6.67. The zero-order valence-electron chi connectivity index (χ0n) is 10.5.